The van der Waals surface area contributed by atoms with Crippen molar-refractivity contribution in [1.29, 1.82) is 0 Å². The first kappa shape index (κ1) is 9.09. The normalized spacial score (nSPS) is 29.6. The highest BCUT2D eigenvalue weighted by Crippen LogP contribution is 2.63. The minimum atomic E-state index is 0.221. The molecule has 86 valence electrons. The van der Waals surface area contributed by atoms with Crippen LogP contribution in [0.2, 0.25) is 0 Å². The summed E-state index contributed by atoms with van der Waals surface area (Å²) < 4.78 is 0. The number of allylic oxidation sites excluding steroid dienone is 2. The van der Waals surface area contributed by atoms with Gasteiger partial charge in [-0.2, -0.15) is 10.3 Å². The van der Waals surface area contributed by atoms with Crippen LogP contribution >= 0.6 is 0 Å². The zero-order valence-electron chi connectivity index (χ0n) is 9.44. The molecular weight excluding hydrogens is 216 g/mol. The lowest BCUT2D eigenvalue weighted by atomic mass is 10.0. The van der Waals surface area contributed by atoms with Gasteiger partial charge in [0.2, 0.25) is 5.82 Å². The summed E-state index contributed by atoms with van der Waals surface area (Å²) in [5.74, 6) is 1.31. The van der Waals surface area contributed by atoms with Crippen molar-refractivity contribution in [2.24, 2.45) is 5.92 Å². The highest BCUT2D eigenvalue weighted by molar-refractivity contribution is 5.62. The van der Waals surface area contributed by atoms with E-state index in [2.05, 4.69) is 49.9 Å². The molecule has 6 nitrogen and oxygen atoms in total. The number of aromatic amines is 2. The van der Waals surface area contributed by atoms with Crippen molar-refractivity contribution < 1.29 is 0 Å². The standard InChI is InChI=1S/C11H12N6/c1-2-3-11-5-6(11)4-7-8(12-13-9(7)11)10-14-16-17-15-10/h2-3,6H,4-5H2,1H3,(H,12,13)(H,14,15,16,17)/b3-2-/t6-,11-/m1/s1. The van der Waals surface area contributed by atoms with Crippen LogP contribution in [0.3, 0.4) is 0 Å². The van der Waals surface area contributed by atoms with E-state index < -0.39 is 0 Å². The van der Waals surface area contributed by atoms with Gasteiger partial charge < -0.3 is 0 Å². The molecule has 2 aromatic heterocycles. The molecule has 0 aromatic carbocycles. The Balaban J connectivity index is 1.85. The van der Waals surface area contributed by atoms with Crippen LogP contribution in [0.5, 0.6) is 0 Å². The summed E-state index contributed by atoms with van der Waals surface area (Å²) in [6.07, 6.45) is 6.73. The van der Waals surface area contributed by atoms with E-state index >= 15 is 0 Å². The summed E-state index contributed by atoms with van der Waals surface area (Å²) in [5, 5.41) is 21.6. The van der Waals surface area contributed by atoms with E-state index in [1.165, 1.54) is 17.7 Å². The maximum Gasteiger partial charge on any atom is 0.225 e. The second-order valence-electron chi connectivity index (χ2n) is 4.81. The Morgan fingerprint density at radius 3 is 3.12 bits per heavy atom. The zero-order valence-corrected chi connectivity index (χ0v) is 9.44. The fourth-order valence-electron chi connectivity index (χ4n) is 3.14. The van der Waals surface area contributed by atoms with E-state index in [0.717, 1.165) is 18.0 Å². The van der Waals surface area contributed by atoms with E-state index in [1.807, 2.05) is 0 Å². The van der Waals surface area contributed by atoms with Crippen LogP contribution in [0.15, 0.2) is 12.2 Å². The molecule has 2 N–H and O–H groups in total. The van der Waals surface area contributed by atoms with E-state index in [-0.39, 0.29) is 5.41 Å². The number of hydrogen-bond donors (Lipinski definition) is 2. The average molecular weight is 228 g/mol. The van der Waals surface area contributed by atoms with Crippen molar-refractivity contribution in [3.8, 4) is 11.5 Å². The first-order valence-electron chi connectivity index (χ1n) is 5.80. The fraction of sp³-hybridized carbons (Fsp3) is 0.455. The largest absolute Gasteiger partial charge is 0.281 e. The Hall–Kier alpha value is -1.98. The number of rotatable bonds is 2. The molecule has 0 unspecified atom stereocenters. The third-order valence-corrected chi connectivity index (χ3v) is 3.96. The van der Waals surface area contributed by atoms with Gasteiger partial charge in [-0.05, 0) is 30.9 Å². The monoisotopic (exact) mass is 228 g/mol. The molecule has 2 atom stereocenters. The lowest BCUT2D eigenvalue weighted by Crippen LogP contribution is -2.02. The van der Waals surface area contributed by atoms with Gasteiger partial charge in [0.1, 0.15) is 5.69 Å². The molecule has 0 saturated heterocycles. The molecule has 1 saturated carbocycles. The smallest absolute Gasteiger partial charge is 0.225 e. The maximum absolute atomic E-state index is 4.34. The fourth-order valence-corrected chi connectivity index (χ4v) is 3.14. The molecule has 0 radical (unpaired) electrons. The zero-order chi connectivity index (χ0) is 11.5. The van der Waals surface area contributed by atoms with E-state index in [9.17, 15) is 0 Å². The third kappa shape index (κ3) is 0.999. The first-order valence-corrected chi connectivity index (χ1v) is 5.80. The molecule has 0 aliphatic heterocycles. The van der Waals surface area contributed by atoms with Gasteiger partial charge in [0.25, 0.3) is 0 Å². The van der Waals surface area contributed by atoms with Crippen molar-refractivity contribution in [3.05, 3.63) is 23.4 Å². The molecule has 2 heterocycles. The predicted octanol–water partition coefficient (Wildman–Crippen LogP) is 0.980. The van der Waals surface area contributed by atoms with Gasteiger partial charge in [-0.1, -0.05) is 12.2 Å². The van der Waals surface area contributed by atoms with Crippen LogP contribution in [0, 0.1) is 5.92 Å². The third-order valence-electron chi connectivity index (χ3n) is 3.96. The summed E-state index contributed by atoms with van der Waals surface area (Å²) in [5.41, 5.74) is 3.59. The molecule has 2 aromatic rings. The maximum atomic E-state index is 4.34. The molecule has 0 amide bonds. The lowest BCUT2D eigenvalue weighted by molar-refractivity contribution is 0.752. The number of nitrogens with one attached hydrogen (secondary N) is 2. The number of fused-ring (bicyclic) bond motifs is 3. The molecule has 1 fully saturated rings. The van der Waals surface area contributed by atoms with Gasteiger partial charge in [0, 0.05) is 16.7 Å². The minimum absolute atomic E-state index is 0.221. The second-order valence-corrected chi connectivity index (χ2v) is 4.81. The molecule has 6 heteroatoms. The van der Waals surface area contributed by atoms with Gasteiger partial charge in [0.15, 0.2) is 0 Å². The Labute approximate surface area is 97.5 Å². The van der Waals surface area contributed by atoms with Crippen molar-refractivity contribution in [1.82, 2.24) is 30.8 Å². The van der Waals surface area contributed by atoms with Crippen LogP contribution in [-0.4, -0.2) is 30.8 Å². The molecule has 17 heavy (non-hydrogen) atoms. The van der Waals surface area contributed by atoms with E-state index in [4.69, 9.17) is 0 Å². The topological polar surface area (TPSA) is 83.1 Å². The van der Waals surface area contributed by atoms with Crippen LogP contribution in [0.1, 0.15) is 24.6 Å². The SMILES string of the molecule is C/C=C\[C@@]12C[C@H]1Cc1c(-c3nn[nH]n3)n[nH]c12. The van der Waals surface area contributed by atoms with Crippen LogP contribution < -0.4 is 0 Å². The van der Waals surface area contributed by atoms with Crippen LogP contribution in [-0.2, 0) is 11.8 Å². The second kappa shape index (κ2) is 2.82. The van der Waals surface area contributed by atoms with Gasteiger partial charge in [-0.15, -0.1) is 10.2 Å². The van der Waals surface area contributed by atoms with Crippen molar-refractivity contribution in [3.63, 3.8) is 0 Å². The summed E-state index contributed by atoms with van der Waals surface area (Å²) in [6, 6.07) is 0. The van der Waals surface area contributed by atoms with Crippen molar-refractivity contribution in [2.45, 2.75) is 25.2 Å². The molecule has 4 rings (SSSR count). The van der Waals surface area contributed by atoms with Gasteiger partial charge >= 0.3 is 0 Å². The van der Waals surface area contributed by atoms with Crippen LogP contribution in [0.25, 0.3) is 11.5 Å². The number of aromatic nitrogens is 6. The van der Waals surface area contributed by atoms with Crippen molar-refractivity contribution in [2.75, 3.05) is 0 Å². The Morgan fingerprint density at radius 1 is 1.41 bits per heavy atom. The quantitative estimate of drug-likeness (QED) is 0.750. The summed E-state index contributed by atoms with van der Waals surface area (Å²) in [7, 11) is 0. The molecule has 0 spiro atoms. The predicted molar refractivity (Wildman–Crippen MR) is 60.1 cm³/mol. The Morgan fingerprint density at radius 2 is 2.35 bits per heavy atom. The van der Waals surface area contributed by atoms with Crippen LogP contribution in [0.4, 0.5) is 0 Å². The summed E-state index contributed by atoms with van der Waals surface area (Å²) in [4.78, 5) is 0. The van der Waals surface area contributed by atoms with Gasteiger partial charge in [-0.3, -0.25) is 5.10 Å². The van der Waals surface area contributed by atoms with Gasteiger partial charge in [0.05, 0.1) is 0 Å². The molecule has 0 bridgehead atoms. The van der Waals surface area contributed by atoms with E-state index in [0.29, 0.717) is 5.82 Å². The highest BCUT2D eigenvalue weighted by atomic mass is 15.5. The molecule has 2 aliphatic rings. The first-order chi connectivity index (χ1) is 8.35. The summed E-state index contributed by atoms with van der Waals surface area (Å²) in [6.45, 7) is 2.07. The summed E-state index contributed by atoms with van der Waals surface area (Å²) >= 11 is 0. The minimum Gasteiger partial charge on any atom is -0.281 e. The Kier molecular flexibility index (Phi) is 1.51. The van der Waals surface area contributed by atoms with Crippen molar-refractivity contribution >= 4 is 0 Å². The molecule has 2 aliphatic carbocycles. The average Bonchev–Trinajstić information content (AvgIpc) is 2.79. The molecular formula is C11H12N6. The Bertz CT molecular complexity index is 596. The highest BCUT2D eigenvalue weighted by Gasteiger charge is 2.60. The number of hydrogen-bond acceptors (Lipinski definition) is 4. The number of nitrogens with zero attached hydrogens (tertiary/aromatic N) is 4. The number of H-pyrrole nitrogens is 2. The number of tetrazole rings is 1. The lowest BCUT2D eigenvalue weighted by Gasteiger charge is -2.04. The van der Waals surface area contributed by atoms with Gasteiger partial charge in [-0.25, -0.2) is 0 Å². The van der Waals surface area contributed by atoms with E-state index in [1.54, 1.807) is 0 Å².